The molecule has 5 nitrogen and oxygen atoms in total. The third kappa shape index (κ3) is 4.46. The van der Waals surface area contributed by atoms with E-state index in [0.717, 1.165) is 37.2 Å². The van der Waals surface area contributed by atoms with E-state index in [1.54, 1.807) is 7.11 Å². The molecule has 2 N–H and O–H groups in total. The van der Waals surface area contributed by atoms with Gasteiger partial charge >= 0.3 is 0 Å². The van der Waals surface area contributed by atoms with Crippen LogP contribution >= 0.6 is 0 Å². The number of halogens is 2. The lowest BCUT2D eigenvalue weighted by Crippen LogP contribution is -2.44. The molecule has 2 unspecified atom stereocenters. The van der Waals surface area contributed by atoms with E-state index in [-0.39, 0.29) is 11.9 Å². The molecular formula is C18H25F2N3O2. The number of nitrogens with zero attached hydrogens (tertiary/aromatic N) is 1. The van der Waals surface area contributed by atoms with Crippen LogP contribution in [0.5, 0.6) is 5.75 Å². The van der Waals surface area contributed by atoms with Gasteiger partial charge in [0.15, 0.2) is 0 Å². The minimum Gasteiger partial charge on any atom is -0.497 e. The highest BCUT2D eigenvalue weighted by molar-refractivity contribution is 5.82. The molecule has 138 valence electrons. The number of rotatable bonds is 6. The smallest absolute Gasteiger partial charge is 0.262 e. The van der Waals surface area contributed by atoms with Gasteiger partial charge in [-0.1, -0.05) is 12.1 Å². The number of carbonyl (C=O) groups excluding carboxylic acids is 1. The van der Waals surface area contributed by atoms with E-state index < -0.39 is 24.9 Å². The van der Waals surface area contributed by atoms with Crippen LogP contribution in [0, 0.1) is 0 Å². The van der Waals surface area contributed by atoms with Crippen LogP contribution in [-0.4, -0.2) is 56.1 Å². The SMILES string of the molecule is COc1ccc(C(CNC(=O)C2CC(F)(F)CN2)N2CCCC2)cc1. The number of likely N-dealkylation sites (tertiary alicyclic amines) is 1. The van der Waals surface area contributed by atoms with Crippen molar-refractivity contribution in [2.24, 2.45) is 0 Å². The number of amides is 1. The first kappa shape index (κ1) is 18.1. The predicted octanol–water partition coefficient (Wildman–Crippen LogP) is 1.95. The summed E-state index contributed by atoms with van der Waals surface area (Å²) >= 11 is 0. The van der Waals surface area contributed by atoms with E-state index in [1.165, 1.54) is 0 Å². The van der Waals surface area contributed by atoms with E-state index in [2.05, 4.69) is 15.5 Å². The summed E-state index contributed by atoms with van der Waals surface area (Å²) in [6.45, 7) is 1.94. The second kappa shape index (κ2) is 7.66. The average molecular weight is 353 g/mol. The highest BCUT2D eigenvalue weighted by atomic mass is 19.3. The topological polar surface area (TPSA) is 53.6 Å². The van der Waals surface area contributed by atoms with Gasteiger partial charge in [-0.15, -0.1) is 0 Å². The Labute approximate surface area is 146 Å². The molecule has 0 saturated carbocycles. The van der Waals surface area contributed by atoms with E-state index >= 15 is 0 Å². The molecule has 2 aliphatic rings. The summed E-state index contributed by atoms with van der Waals surface area (Å²) in [5.74, 6) is -2.37. The molecule has 3 rings (SSSR count). The van der Waals surface area contributed by atoms with Gasteiger partial charge in [-0.2, -0.15) is 0 Å². The van der Waals surface area contributed by atoms with Crippen molar-refractivity contribution in [3.05, 3.63) is 29.8 Å². The van der Waals surface area contributed by atoms with Crippen molar-refractivity contribution in [3.63, 3.8) is 0 Å². The minimum absolute atomic E-state index is 0.0410. The average Bonchev–Trinajstić information content (AvgIpc) is 3.25. The monoisotopic (exact) mass is 353 g/mol. The van der Waals surface area contributed by atoms with Crippen molar-refractivity contribution in [2.45, 2.75) is 37.3 Å². The van der Waals surface area contributed by atoms with Crippen molar-refractivity contribution in [2.75, 3.05) is 33.3 Å². The van der Waals surface area contributed by atoms with Gasteiger partial charge in [-0.05, 0) is 43.6 Å². The normalized spacial score (nSPS) is 24.2. The van der Waals surface area contributed by atoms with Crippen molar-refractivity contribution >= 4 is 5.91 Å². The summed E-state index contributed by atoms with van der Waals surface area (Å²) in [6, 6.07) is 7.02. The first-order valence-corrected chi connectivity index (χ1v) is 8.75. The van der Waals surface area contributed by atoms with Crippen molar-refractivity contribution in [1.82, 2.24) is 15.5 Å². The highest BCUT2D eigenvalue weighted by Gasteiger charge is 2.42. The van der Waals surface area contributed by atoms with Crippen molar-refractivity contribution in [3.8, 4) is 5.75 Å². The van der Waals surface area contributed by atoms with Gasteiger partial charge < -0.3 is 10.1 Å². The Morgan fingerprint density at radius 1 is 1.36 bits per heavy atom. The van der Waals surface area contributed by atoms with Crippen molar-refractivity contribution < 1.29 is 18.3 Å². The number of carbonyl (C=O) groups is 1. The largest absolute Gasteiger partial charge is 0.497 e. The number of benzene rings is 1. The molecule has 25 heavy (non-hydrogen) atoms. The second-order valence-corrected chi connectivity index (χ2v) is 6.77. The van der Waals surface area contributed by atoms with Crippen molar-refractivity contribution in [1.29, 1.82) is 0 Å². The molecule has 0 aromatic heterocycles. The van der Waals surface area contributed by atoms with Crippen LogP contribution in [0.1, 0.15) is 30.9 Å². The van der Waals surface area contributed by atoms with E-state index in [1.807, 2.05) is 24.3 Å². The maximum Gasteiger partial charge on any atom is 0.262 e. The molecule has 0 spiro atoms. The Bertz CT molecular complexity index is 588. The summed E-state index contributed by atoms with van der Waals surface area (Å²) in [5.41, 5.74) is 1.09. The zero-order valence-electron chi connectivity index (χ0n) is 14.4. The summed E-state index contributed by atoms with van der Waals surface area (Å²) in [7, 11) is 1.62. The fourth-order valence-electron chi connectivity index (χ4n) is 3.56. The summed E-state index contributed by atoms with van der Waals surface area (Å²) in [5, 5.41) is 5.46. The highest BCUT2D eigenvalue weighted by Crippen LogP contribution is 2.27. The Morgan fingerprint density at radius 3 is 2.60 bits per heavy atom. The summed E-state index contributed by atoms with van der Waals surface area (Å²) in [4.78, 5) is 14.6. The van der Waals surface area contributed by atoms with Gasteiger partial charge in [-0.3, -0.25) is 15.0 Å². The number of methoxy groups -OCH3 is 1. The van der Waals surface area contributed by atoms with E-state index in [0.29, 0.717) is 6.54 Å². The van der Waals surface area contributed by atoms with Gasteiger partial charge in [0.05, 0.1) is 25.7 Å². The number of ether oxygens (including phenoxy) is 1. The first-order chi connectivity index (χ1) is 12.0. The number of alkyl halides is 2. The zero-order valence-corrected chi connectivity index (χ0v) is 14.4. The molecule has 0 radical (unpaired) electrons. The van der Waals surface area contributed by atoms with E-state index in [9.17, 15) is 13.6 Å². The number of hydrogen-bond acceptors (Lipinski definition) is 4. The predicted molar refractivity (Wildman–Crippen MR) is 90.9 cm³/mol. The number of hydrogen-bond donors (Lipinski definition) is 2. The van der Waals surface area contributed by atoms with Crippen LogP contribution in [0.4, 0.5) is 8.78 Å². The Kier molecular flexibility index (Phi) is 5.54. The molecule has 1 aromatic carbocycles. The maximum atomic E-state index is 13.3. The quantitative estimate of drug-likeness (QED) is 0.821. The third-order valence-electron chi connectivity index (χ3n) is 4.98. The summed E-state index contributed by atoms with van der Waals surface area (Å²) in [6.07, 6.45) is 1.84. The lowest BCUT2D eigenvalue weighted by Gasteiger charge is -2.28. The molecule has 2 aliphatic heterocycles. The Hall–Kier alpha value is -1.73. The van der Waals surface area contributed by atoms with Gasteiger partial charge in [0.1, 0.15) is 5.75 Å². The molecular weight excluding hydrogens is 328 g/mol. The first-order valence-electron chi connectivity index (χ1n) is 8.75. The molecule has 1 amide bonds. The van der Waals surface area contributed by atoms with Crippen LogP contribution in [0.15, 0.2) is 24.3 Å². The zero-order chi connectivity index (χ0) is 17.9. The standard InChI is InChI=1S/C18H25F2N3O2/c1-25-14-6-4-13(5-7-14)16(23-8-2-3-9-23)11-21-17(24)15-10-18(19,20)12-22-15/h4-7,15-16,22H,2-3,8-12H2,1H3,(H,21,24). The molecule has 2 saturated heterocycles. The summed E-state index contributed by atoms with van der Waals surface area (Å²) < 4.78 is 31.7. The van der Waals surface area contributed by atoms with Gasteiger partial charge in [0, 0.05) is 13.0 Å². The second-order valence-electron chi connectivity index (χ2n) is 6.77. The van der Waals surface area contributed by atoms with Crippen LogP contribution in [0.25, 0.3) is 0 Å². The lowest BCUT2D eigenvalue weighted by molar-refractivity contribution is -0.123. The van der Waals surface area contributed by atoms with Crippen LogP contribution < -0.4 is 15.4 Å². The Balaban J connectivity index is 1.64. The third-order valence-corrected chi connectivity index (χ3v) is 4.98. The van der Waals surface area contributed by atoms with Crippen LogP contribution in [0.2, 0.25) is 0 Å². The molecule has 2 atom stereocenters. The maximum absolute atomic E-state index is 13.3. The molecule has 0 aliphatic carbocycles. The van der Waals surface area contributed by atoms with Crippen LogP contribution in [-0.2, 0) is 4.79 Å². The lowest BCUT2D eigenvalue weighted by atomic mass is 10.0. The fourth-order valence-corrected chi connectivity index (χ4v) is 3.56. The number of nitrogens with one attached hydrogen (secondary N) is 2. The molecule has 1 aromatic rings. The fraction of sp³-hybridized carbons (Fsp3) is 0.611. The molecule has 7 heteroatoms. The van der Waals surface area contributed by atoms with Gasteiger partial charge in [-0.25, -0.2) is 8.78 Å². The minimum atomic E-state index is -2.80. The Morgan fingerprint density at radius 2 is 2.04 bits per heavy atom. The molecule has 0 bridgehead atoms. The van der Waals surface area contributed by atoms with Crippen LogP contribution in [0.3, 0.4) is 0 Å². The van der Waals surface area contributed by atoms with E-state index in [4.69, 9.17) is 4.74 Å². The molecule has 2 fully saturated rings. The molecule has 2 heterocycles. The van der Waals surface area contributed by atoms with Gasteiger partial charge in [0.2, 0.25) is 5.91 Å². The van der Waals surface area contributed by atoms with Gasteiger partial charge in [0.25, 0.3) is 5.92 Å².